The van der Waals surface area contributed by atoms with Gasteiger partial charge in [0, 0.05) is 11.6 Å². The van der Waals surface area contributed by atoms with Gasteiger partial charge < -0.3 is 4.57 Å². The summed E-state index contributed by atoms with van der Waals surface area (Å²) in [4.78, 5) is 27.8. The number of hydrogen-bond donors (Lipinski definition) is 0. The van der Waals surface area contributed by atoms with Gasteiger partial charge in [0.1, 0.15) is 10.9 Å². The zero-order valence-corrected chi connectivity index (χ0v) is 18.2. The highest BCUT2D eigenvalue weighted by Gasteiger charge is 2.20. The van der Waals surface area contributed by atoms with Crippen LogP contribution in [0.1, 0.15) is 25.8 Å². The number of nitrogens with zero attached hydrogens (tertiary/aromatic N) is 5. The maximum atomic E-state index is 13.4. The van der Waals surface area contributed by atoms with E-state index < -0.39 is 0 Å². The van der Waals surface area contributed by atoms with Gasteiger partial charge in [-0.2, -0.15) is 0 Å². The van der Waals surface area contributed by atoms with Crippen molar-refractivity contribution in [2.24, 2.45) is 5.92 Å². The highest BCUT2D eigenvalue weighted by atomic mass is 35.5. The average Bonchev–Trinajstić information content (AvgIpc) is 3.06. The van der Waals surface area contributed by atoms with Crippen LogP contribution in [0, 0.1) is 5.92 Å². The van der Waals surface area contributed by atoms with Gasteiger partial charge in [-0.05, 0) is 42.2 Å². The van der Waals surface area contributed by atoms with Crippen LogP contribution in [-0.2, 0) is 13.1 Å². The maximum absolute atomic E-state index is 13.4. The number of rotatable bonds is 5. The van der Waals surface area contributed by atoms with Crippen LogP contribution in [0.15, 0.2) is 59.7 Å². The lowest BCUT2D eigenvalue weighted by Gasteiger charge is -2.09. The molecule has 0 radical (unpaired) electrons. The third-order valence-electron chi connectivity index (χ3n) is 5.52. The van der Waals surface area contributed by atoms with Gasteiger partial charge in [0.05, 0.1) is 23.9 Å². The third kappa shape index (κ3) is 3.57. The predicted octanol–water partition coefficient (Wildman–Crippen LogP) is 5.04. The molecular formula is C24H22ClN5O. The van der Waals surface area contributed by atoms with E-state index >= 15 is 0 Å². The molecule has 7 heteroatoms. The molecule has 0 aliphatic carbocycles. The molecule has 0 aliphatic rings. The summed E-state index contributed by atoms with van der Waals surface area (Å²) in [6.07, 6.45) is 2.55. The Morgan fingerprint density at radius 3 is 2.39 bits per heavy atom. The fourth-order valence-electron chi connectivity index (χ4n) is 3.82. The second-order valence-electron chi connectivity index (χ2n) is 8.22. The summed E-state index contributed by atoms with van der Waals surface area (Å²) >= 11 is 6.05. The van der Waals surface area contributed by atoms with Gasteiger partial charge in [-0.3, -0.25) is 9.36 Å². The van der Waals surface area contributed by atoms with Gasteiger partial charge in [-0.1, -0.05) is 49.7 Å². The van der Waals surface area contributed by atoms with Crippen LogP contribution < -0.4 is 5.56 Å². The van der Waals surface area contributed by atoms with Crippen molar-refractivity contribution in [3.05, 3.63) is 75.8 Å². The lowest BCUT2D eigenvalue weighted by molar-refractivity contribution is 0.506. The summed E-state index contributed by atoms with van der Waals surface area (Å²) < 4.78 is 3.66. The molecule has 6 nitrogen and oxygen atoms in total. The monoisotopic (exact) mass is 431 g/mol. The van der Waals surface area contributed by atoms with Gasteiger partial charge in [-0.15, -0.1) is 0 Å². The van der Waals surface area contributed by atoms with E-state index in [1.165, 1.54) is 0 Å². The van der Waals surface area contributed by atoms with Crippen molar-refractivity contribution in [1.82, 2.24) is 24.1 Å². The smallest absolute Gasteiger partial charge is 0.265 e. The van der Waals surface area contributed by atoms with Crippen molar-refractivity contribution in [1.29, 1.82) is 0 Å². The number of aromatic nitrogens is 5. The predicted molar refractivity (Wildman–Crippen MR) is 125 cm³/mol. The molecule has 0 fully saturated rings. The number of hydrogen-bond acceptors (Lipinski definition) is 4. The standard InChI is InChI=1S/C24H22ClN5O/c1-15(2)11-12-29-14-26-22-20(24(29)31)21-23(28-19-6-4-3-5-18(19)27-21)30(22)13-16-7-9-17(25)10-8-16/h3-10,14-15H,11-13H2,1-2H3. The summed E-state index contributed by atoms with van der Waals surface area (Å²) in [7, 11) is 0. The van der Waals surface area contributed by atoms with E-state index in [1.54, 1.807) is 10.9 Å². The fourth-order valence-corrected chi connectivity index (χ4v) is 3.94. The second-order valence-corrected chi connectivity index (χ2v) is 8.66. The molecule has 0 aliphatic heterocycles. The normalized spacial score (nSPS) is 11.9. The molecule has 5 aromatic rings. The molecule has 0 saturated heterocycles. The number of para-hydroxylation sites is 2. The third-order valence-corrected chi connectivity index (χ3v) is 5.77. The van der Waals surface area contributed by atoms with Crippen molar-refractivity contribution in [3.63, 3.8) is 0 Å². The first-order valence-electron chi connectivity index (χ1n) is 10.4. The van der Waals surface area contributed by atoms with Crippen LogP contribution in [0.5, 0.6) is 0 Å². The van der Waals surface area contributed by atoms with Gasteiger partial charge >= 0.3 is 0 Å². The van der Waals surface area contributed by atoms with Gasteiger partial charge in [-0.25, -0.2) is 15.0 Å². The van der Waals surface area contributed by atoms with Crippen molar-refractivity contribution in [2.75, 3.05) is 0 Å². The first-order valence-corrected chi connectivity index (χ1v) is 10.8. The average molecular weight is 432 g/mol. The molecule has 0 saturated carbocycles. The molecule has 0 atom stereocenters. The topological polar surface area (TPSA) is 65.6 Å². The van der Waals surface area contributed by atoms with Gasteiger partial charge in [0.25, 0.3) is 5.56 Å². The lowest BCUT2D eigenvalue weighted by Crippen LogP contribution is -2.21. The molecule has 3 heterocycles. The van der Waals surface area contributed by atoms with Gasteiger partial charge in [0.2, 0.25) is 0 Å². The number of benzene rings is 2. The quantitative estimate of drug-likeness (QED) is 0.391. The fraction of sp³-hybridized carbons (Fsp3) is 0.250. The summed E-state index contributed by atoms with van der Waals surface area (Å²) in [5.41, 5.74) is 4.38. The lowest BCUT2D eigenvalue weighted by atomic mass is 10.1. The summed E-state index contributed by atoms with van der Waals surface area (Å²) in [6.45, 7) is 5.44. The van der Waals surface area contributed by atoms with Crippen LogP contribution in [-0.4, -0.2) is 24.1 Å². The summed E-state index contributed by atoms with van der Waals surface area (Å²) in [5.74, 6) is 0.498. The minimum absolute atomic E-state index is 0.0740. The van der Waals surface area contributed by atoms with E-state index in [0.717, 1.165) is 23.0 Å². The highest BCUT2D eigenvalue weighted by Crippen LogP contribution is 2.26. The van der Waals surface area contributed by atoms with Crippen LogP contribution in [0.2, 0.25) is 5.02 Å². The van der Waals surface area contributed by atoms with Crippen molar-refractivity contribution in [2.45, 2.75) is 33.4 Å². The van der Waals surface area contributed by atoms with E-state index in [-0.39, 0.29) is 5.56 Å². The number of fused-ring (bicyclic) bond motifs is 4. The second kappa shape index (κ2) is 7.78. The molecule has 0 unspecified atom stereocenters. The molecule has 5 rings (SSSR count). The Kier molecular flexibility index (Phi) is 4.94. The first-order chi connectivity index (χ1) is 15.0. The Morgan fingerprint density at radius 2 is 1.68 bits per heavy atom. The molecule has 2 aromatic carbocycles. The highest BCUT2D eigenvalue weighted by molar-refractivity contribution is 6.30. The Labute approximate surface area is 184 Å². The molecule has 156 valence electrons. The van der Waals surface area contributed by atoms with Crippen LogP contribution in [0.25, 0.3) is 33.2 Å². The summed E-state index contributed by atoms with van der Waals surface area (Å²) in [6, 6.07) is 15.4. The molecule has 0 N–H and O–H groups in total. The minimum atomic E-state index is -0.0740. The summed E-state index contributed by atoms with van der Waals surface area (Å²) in [5, 5.41) is 1.20. The zero-order chi connectivity index (χ0) is 21.5. The Balaban J connectivity index is 1.78. The Bertz CT molecular complexity index is 1470. The molecule has 0 spiro atoms. The Hall–Kier alpha value is -3.25. The van der Waals surface area contributed by atoms with E-state index in [0.29, 0.717) is 46.2 Å². The number of aryl methyl sites for hydroxylation is 1. The largest absolute Gasteiger partial charge is 0.304 e. The molecule has 31 heavy (non-hydrogen) atoms. The SMILES string of the molecule is CC(C)CCn1cnc2c(c1=O)c1nc3ccccc3nc1n2Cc1ccc(Cl)cc1. The minimum Gasteiger partial charge on any atom is -0.304 e. The molecule has 0 amide bonds. The van der Waals surface area contributed by atoms with E-state index in [4.69, 9.17) is 21.6 Å². The van der Waals surface area contributed by atoms with Crippen molar-refractivity contribution >= 4 is 44.8 Å². The first kappa shape index (κ1) is 19.7. The van der Waals surface area contributed by atoms with Crippen LogP contribution in [0.3, 0.4) is 0 Å². The van der Waals surface area contributed by atoms with Crippen molar-refractivity contribution < 1.29 is 0 Å². The zero-order valence-electron chi connectivity index (χ0n) is 17.4. The van der Waals surface area contributed by atoms with Gasteiger partial charge in [0.15, 0.2) is 11.3 Å². The van der Waals surface area contributed by atoms with Crippen LogP contribution in [0.4, 0.5) is 0 Å². The van der Waals surface area contributed by atoms with E-state index in [2.05, 4.69) is 18.8 Å². The molecule has 3 aromatic heterocycles. The molecular weight excluding hydrogens is 410 g/mol. The van der Waals surface area contributed by atoms with Crippen LogP contribution >= 0.6 is 11.6 Å². The number of halogens is 1. The Morgan fingerprint density at radius 1 is 0.968 bits per heavy atom. The van der Waals surface area contributed by atoms with E-state index in [1.807, 2.05) is 53.1 Å². The maximum Gasteiger partial charge on any atom is 0.265 e. The van der Waals surface area contributed by atoms with E-state index in [9.17, 15) is 4.79 Å². The van der Waals surface area contributed by atoms with Crippen molar-refractivity contribution in [3.8, 4) is 0 Å². The molecule has 0 bridgehead atoms.